The molecule has 0 atom stereocenters. The van der Waals surface area contributed by atoms with E-state index in [2.05, 4.69) is 51.4 Å². The zero-order chi connectivity index (χ0) is 39.5. The van der Waals surface area contributed by atoms with Crippen molar-refractivity contribution < 1.29 is 38.4 Å². The van der Waals surface area contributed by atoms with Gasteiger partial charge in [-0.05, 0) is 55.4 Å². The Hall–Kier alpha value is -5.66. The van der Waals surface area contributed by atoms with Crippen molar-refractivity contribution in [3.05, 3.63) is 88.6 Å². The van der Waals surface area contributed by atoms with Gasteiger partial charge in [0.2, 0.25) is 35.4 Å². The number of carbonyl (C=O) groups is 8. The summed E-state index contributed by atoms with van der Waals surface area (Å²) in [6.07, 6.45) is 9.12. The topological polar surface area (TPSA) is 165 Å². The van der Waals surface area contributed by atoms with E-state index in [1.165, 1.54) is 30.6 Å². The van der Waals surface area contributed by atoms with Gasteiger partial charge in [-0.2, -0.15) is 0 Å². The van der Waals surface area contributed by atoms with E-state index in [0.29, 0.717) is 12.8 Å². The fourth-order valence-corrected chi connectivity index (χ4v) is 4.81. The molecule has 14 nitrogen and oxygen atoms in total. The molecular formula is C38H54N6O8. The van der Waals surface area contributed by atoms with E-state index in [0.717, 1.165) is 36.5 Å². The molecule has 0 unspecified atom stereocenters. The van der Waals surface area contributed by atoms with E-state index in [-0.39, 0.29) is 126 Å². The summed E-state index contributed by atoms with van der Waals surface area (Å²) in [5.41, 5.74) is 0. The van der Waals surface area contributed by atoms with E-state index >= 15 is 0 Å². The third-order valence-electron chi connectivity index (χ3n) is 7.84. The molecule has 0 aliphatic carbocycles. The molecule has 0 bridgehead atoms. The minimum Gasteiger partial charge on any atom is -0.351 e. The fraction of sp³-hybridized carbons (Fsp3) is 0.421. The molecule has 1 N–H and O–H groups in total. The van der Waals surface area contributed by atoms with Crippen LogP contribution < -0.4 is 5.32 Å². The monoisotopic (exact) mass is 722 g/mol. The van der Waals surface area contributed by atoms with Crippen molar-refractivity contribution in [3.8, 4) is 0 Å². The van der Waals surface area contributed by atoms with Crippen molar-refractivity contribution in [2.24, 2.45) is 0 Å². The predicted octanol–water partition coefficient (Wildman–Crippen LogP) is 1.64. The molecule has 6 amide bonds. The average molecular weight is 723 g/mol. The Morgan fingerprint density at radius 1 is 0.385 bits per heavy atom. The lowest BCUT2D eigenvalue weighted by molar-refractivity contribution is -0.131. The number of Topliss-reactive ketones (excluding diaryl/α,β-unsaturated/α-hetero) is 1. The Morgan fingerprint density at radius 3 is 1.10 bits per heavy atom. The van der Waals surface area contributed by atoms with Gasteiger partial charge < -0.3 is 29.8 Å². The molecule has 0 aliphatic rings. The summed E-state index contributed by atoms with van der Waals surface area (Å²) < 4.78 is 0. The van der Waals surface area contributed by atoms with Gasteiger partial charge in [-0.25, -0.2) is 0 Å². The van der Waals surface area contributed by atoms with E-state index in [1.807, 2.05) is 0 Å². The van der Waals surface area contributed by atoms with Gasteiger partial charge in [0.05, 0.1) is 0 Å². The molecule has 0 rings (SSSR count). The highest BCUT2D eigenvalue weighted by Crippen LogP contribution is 2.06. The first-order chi connectivity index (χ1) is 24.8. The summed E-state index contributed by atoms with van der Waals surface area (Å²) in [7, 11) is 0. The lowest BCUT2D eigenvalue weighted by Gasteiger charge is -2.29. The summed E-state index contributed by atoms with van der Waals surface area (Å²) in [6, 6.07) is 0. The van der Waals surface area contributed by atoms with Gasteiger partial charge in [0.25, 0.3) is 0 Å². The van der Waals surface area contributed by atoms with Crippen LogP contribution in [0.4, 0.5) is 0 Å². The summed E-state index contributed by atoms with van der Waals surface area (Å²) >= 11 is 0. The largest absolute Gasteiger partial charge is 0.351 e. The molecule has 0 aliphatic heterocycles. The first-order valence-corrected chi connectivity index (χ1v) is 17.0. The normalized spacial score (nSPS) is 10.0. The first kappa shape index (κ1) is 46.3. The zero-order valence-electron chi connectivity index (χ0n) is 30.3. The predicted molar refractivity (Wildman–Crippen MR) is 200 cm³/mol. The van der Waals surface area contributed by atoms with E-state index in [1.54, 1.807) is 0 Å². The van der Waals surface area contributed by atoms with Crippen LogP contribution in [0.15, 0.2) is 88.6 Å². The molecule has 0 fully saturated rings. The molecule has 0 saturated carbocycles. The van der Waals surface area contributed by atoms with Gasteiger partial charge in [0.15, 0.2) is 5.78 Å². The maximum atomic E-state index is 12.8. The van der Waals surface area contributed by atoms with Crippen molar-refractivity contribution in [1.29, 1.82) is 0 Å². The molecule has 52 heavy (non-hydrogen) atoms. The highest BCUT2D eigenvalue weighted by molar-refractivity contribution is 5.91. The molecular weight excluding hydrogens is 668 g/mol. The van der Waals surface area contributed by atoms with Crippen LogP contribution in [0.3, 0.4) is 0 Å². The third-order valence-corrected chi connectivity index (χ3v) is 7.84. The highest BCUT2D eigenvalue weighted by atomic mass is 16.2. The van der Waals surface area contributed by atoms with Crippen LogP contribution in [0.25, 0.3) is 0 Å². The Morgan fingerprint density at radius 2 is 0.731 bits per heavy atom. The average Bonchev–Trinajstić information content (AvgIpc) is 3.16. The summed E-state index contributed by atoms with van der Waals surface area (Å²) in [4.78, 5) is 106. The lowest BCUT2D eigenvalue weighted by Crippen LogP contribution is -2.44. The van der Waals surface area contributed by atoms with Crippen LogP contribution in [-0.4, -0.2) is 144 Å². The van der Waals surface area contributed by atoms with Gasteiger partial charge in [-0.15, -0.1) is 0 Å². The number of amides is 6. The maximum absolute atomic E-state index is 12.8. The first-order valence-electron chi connectivity index (χ1n) is 17.0. The number of hydrogen-bond donors (Lipinski definition) is 1. The molecule has 0 aromatic carbocycles. The fourth-order valence-electron chi connectivity index (χ4n) is 4.81. The van der Waals surface area contributed by atoms with Crippen LogP contribution in [0, 0.1) is 0 Å². The van der Waals surface area contributed by atoms with E-state index < -0.39 is 11.8 Å². The van der Waals surface area contributed by atoms with Gasteiger partial charge >= 0.3 is 0 Å². The van der Waals surface area contributed by atoms with Gasteiger partial charge in [-0.1, -0.05) is 46.1 Å². The molecule has 0 radical (unpaired) electrons. The van der Waals surface area contributed by atoms with Crippen LogP contribution >= 0.6 is 0 Å². The van der Waals surface area contributed by atoms with Crippen LogP contribution in [0.2, 0.25) is 0 Å². The van der Waals surface area contributed by atoms with E-state index in [9.17, 15) is 38.4 Å². The van der Waals surface area contributed by atoms with Crippen molar-refractivity contribution in [1.82, 2.24) is 29.8 Å². The quantitative estimate of drug-likeness (QED) is 0.109. The summed E-state index contributed by atoms with van der Waals surface area (Å²) in [5.74, 6) is -2.62. The number of ketones is 2. The maximum Gasteiger partial charge on any atom is 0.246 e. The Labute approximate surface area is 307 Å². The minimum atomic E-state index is -0.431. The summed E-state index contributed by atoms with van der Waals surface area (Å²) in [5, 5.41) is 2.59. The van der Waals surface area contributed by atoms with Crippen molar-refractivity contribution >= 4 is 47.0 Å². The number of nitrogens with one attached hydrogen (secondary N) is 1. The molecule has 14 heteroatoms. The van der Waals surface area contributed by atoms with Crippen LogP contribution in [0.1, 0.15) is 32.1 Å². The smallest absolute Gasteiger partial charge is 0.246 e. The molecule has 0 aromatic rings. The number of rotatable bonds is 30. The van der Waals surface area contributed by atoms with Crippen molar-refractivity contribution in [2.45, 2.75) is 32.1 Å². The second-order valence-corrected chi connectivity index (χ2v) is 11.3. The molecule has 0 aromatic heterocycles. The lowest BCUT2D eigenvalue weighted by atomic mass is 10.1. The Kier molecular flexibility index (Phi) is 24.2. The second kappa shape index (κ2) is 27.1. The number of nitrogens with zero attached hydrogens (tertiary/aromatic N) is 5. The second-order valence-electron chi connectivity index (χ2n) is 11.3. The third kappa shape index (κ3) is 18.9. The van der Waals surface area contributed by atoms with Crippen LogP contribution in [-0.2, 0) is 38.4 Å². The van der Waals surface area contributed by atoms with Gasteiger partial charge in [-0.3, -0.25) is 38.4 Å². The zero-order valence-corrected chi connectivity index (χ0v) is 30.3. The molecule has 0 heterocycles. The van der Waals surface area contributed by atoms with Crippen molar-refractivity contribution in [2.75, 3.05) is 72.0 Å². The van der Waals surface area contributed by atoms with E-state index in [4.69, 9.17) is 0 Å². The summed E-state index contributed by atoms with van der Waals surface area (Å²) in [6.45, 7) is 26.1. The number of carbonyl (C=O) groups excluding carboxylic acids is 8. The molecule has 0 spiro atoms. The molecule has 0 saturated heterocycles. The standard InChI is InChI=1S/C38H54N6O8/c1-8-31(45)17-15-21-40(34(48)10-3)26-29-44(38(52)14-7)30-27-42(36(50)12-5)23-19-32(46)18-16-22-41(35(49)11-4)25-28-43(37(51)13-6)24-20-39-33(47)9-2/h8-14H,1-7,15-30H2,(H,39,47). The van der Waals surface area contributed by atoms with Crippen LogP contribution in [0.5, 0.6) is 0 Å². The minimum absolute atomic E-state index is 0.0213. The Bertz CT molecular complexity index is 1360. The van der Waals surface area contributed by atoms with Gasteiger partial charge in [0.1, 0.15) is 5.78 Å². The van der Waals surface area contributed by atoms with Gasteiger partial charge in [0, 0.05) is 91.3 Å². The highest BCUT2D eigenvalue weighted by Gasteiger charge is 2.20. The Balaban J connectivity index is 5.26. The SMILES string of the molecule is C=CC(=O)CCCN(CCN(CCN(CCC(=O)CCCN(CCN(CCNC(=O)C=C)C(=O)C=C)C(=O)C=C)C(=O)C=C)C(=O)C=C)C(=O)C=C. The number of allylic oxidation sites excluding steroid dienone is 1. The number of hydrogen-bond acceptors (Lipinski definition) is 8. The molecule has 284 valence electrons. The van der Waals surface area contributed by atoms with Crippen molar-refractivity contribution in [3.63, 3.8) is 0 Å².